The Morgan fingerprint density at radius 2 is 2.14 bits per heavy atom. The molecule has 1 aliphatic rings. The van der Waals surface area contributed by atoms with Gasteiger partial charge in [0.25, 0.3) is 0 Å². The van der Waals surface area contributed by atoms with E-state index in [2.05, 4.69) is 4.99 Å². The highest BCUT2D eigenvalue weighted by molar-refractivity contribution is 6.02. The maximum absolute atomic E-state index is 11.3. The van der Waals surface area contributed by atoms with Crippen LogP contribution in [0.1, 0.15) is 27.2 Å². The lowest BCUT2D eigenvalue weighted by molar-refractivity contribution is 0.0604. The highest BCUT2D eigenvalue weighted by atomic mass is 16.6. The minimum Gasteiger partial charge on any atom is -0.442 e. The summed E-state index contributed by atoms with van der Waals surface area (Å²) in [4.78, 5) is 15.1. The van der Waals surface area contributed by atoms with Crippen LogP contribution < -0.4 is 0 Å². The Labute approximate surface area is 84.2 Å². The number of rotatable bonds is 0. The van der Waals surface area contributed by atoms with Gasteiger partial charge in [-0.2, -0.15) is 4.99 Å². The maximum atomic E-state index is 11.3. The molecule has 0 fully saturated rings. The predicted molar refractivity (Wildman–Crippen MR) is 56.6 cm³/mol. The van der Waals surface area contributed by atoms with Crippen molar-refractivity contribution < 1.29 is 9.53 Å². The topological polar surface area (TPSA) is 38.7 Å². The van der Waals surface area contributed by atoms with Gasteiger partial charge in [-0.25, -0.2) is 4.79 Å². The number of hydrogen-bond acceptors (Lipinski definition) is 2. The van der Waals surface area contributed by atoms with Crippen LogP contribution in [0.25, 0.3) is 0 Å². The average molecular weight is 199 g/mol. The SMILES string of the molecule is CC(C)(C)OC(=O)/N=[13C]1\[13CH]=[13CH][13CH]=[13CH][13CH2]1. The van der Waals surface area contributed by atoms with Crippen molar-refractivity contribution in [3.8, 4) is 0 Å². The van der Waals surface area contributed by atoms with Crippen LogP contribution in [-0.4, -0.2) is 17.4 Å². The predicted octanol–water partition coefficient (Wildman–Crippen LogP) is 2.88. The van der Waals surface area contributed by atoms with E-state index in [4.69, 9.17) is 4.74 Å². The lowest BCUT2D eigenvalue weighted by atomic mass is 10.2. The van der Waals surface area contributed by atoms with Gasteiger partial charge in [0, 0.05) is 6.42 Å². The summed E-state index contributed by atoms with van der Waals surface area (Å²) in [6, 6.07) is 0. The fourth-order valence-corrected chi connectivity index (χ4v) is 0.987. The summed E-state index contributed by atoms with van der Waals surface area (Å²) in [5.74, 6) is 0. The summed E-state index contributed by atoms with van der Waals surface area (Å²) in [5.41, 5.74) is 0.261. The van der Waals surface area contributed by atoms with Crippen molar-refractivity contribution in [1.82, 2.24) is 0 Å². The number of hydrogen-bond donors (Lipinski definition) is 0. The van der Waals surface area contributed by atoms with Gasteiger partial charge in [0.2, 0.25) is 0 Å². The van der Waals surface area contributed by atoms with E-state index in [1.54, 1.807) is 0 Å². The number of nitrogens with zero attached hydrogens (tertiary/aromatic N) is 1. The van der Waals surface area contributed by atoms with Crippen LogP contribution in [0.4, 0.5) is 4.79 Å². The molecule has 0 saturated heterocycles. The molecule has 0 aromatic carbocycles. The summed E-state index contributed by atoms with van der Waals surface area (Å²) in [6.07, 6.45) is 7.70. The number of amides is 1. The number of aliphatic imine (C=N–C) groups is 1. The quantitative estimate of drug-likeness (QED) is 0.562. The van der Waals surface area contributed by atoms with Crippen molar-refractivity contribution in [2.75, 3.05) is 0 Å². The van der Waals surface area contributed by atoms with E-state index in [-0.39, 0.29) is 0 Å². The third kappa shape index (κ3) is 4.03. The molecule has 0 saturated carbocycles. The second-order valence-electron chi connectivity index (χ2n) is 4.07. The van der Waals surface area contributed by atoms with E-state index in [0.717, 1.165) is 5.71 Å². The van der Waals surface area contributed by atoms with E-state index >= 15 is 0 Å². The molecule has 0 N–H and O–H groups in total. The monoisotopic (exact) mass is 199 g/mol. The first-order valence-corrected chi connectivity index (χ1v) is 4.61. The Bertz CT molecular complexity index is 306. The lowest BCUT2D eigenvalue weighted by Gasteiger charge is -2.17. The molecule has 1 rings (SSSR count). The van der Waals surface area contributed by atoms with Crippen molar-refractivity contribution in [2.24, 2.45) is 4.99 Å². The number of carbonyl (C=O) groups excluding carboxylic acids is 1. The second kappa shape index (κ2) is 4.22. The Balaban J connectivity index is 2.56. The first-order chi connectivity index (χ1) is 6.47. The molecule has 14 heavy (non-hydrogen) atoms. The fourth-order valence-electron chi connectivity index (χ4n) is 0.987. The van der Waals surface area contributed by atoms with Crippen molar-refractivity contribution in [2.45, 2.75) is 32.8 Å². The summed E-state index contributed by atoms with van der Waals surface area (Å²) in [7, 11) is 0. The third-order valence-electron chi connectivity index (χ3n) is 1.49. The van der Waals surface area contributed by atoms with Gasteiger partial charge in [0.15, 0.2) is 0 Å². The van der Waals surface area contributed by atoms with E-state index < -0.39 is 11.7 Å². The van der Waals surface area contributed by atoms with Gasteiger partial charge in [-0.1, -0.05) is 18.2 Å². The van der Waals surface area contributed by atoms with Crippen molar-refractivity contribution in [3.05, 3.63) is 24.3 Å². The number of allylic oxidation sites excluding steroid dienone is 4. The van der Waals surface area contributed by atoms with E-state index in [0.29, 0.717) is 6.42 Å². The van der Waals surface area contributed by atoms with Gasteiger partial charge in [-0.05, 0) is 26.8 Å². The highest BCUT2D eigenvalue weighted by Gasteiger charge is 2.15. The molecular weight excluding hydrogens is 184 g/mol. The van der Waals surface area contributed by atoms with Crippen LogP contribution in [0.2, 0.25) is 0 Å². The molecule has 0 bridgehead atoms. The molecule has 1 aliphatic carbocycles. The molecule has 0 unspecified atom stereocenters. The Hall–Kier alpha value is -1.38. The van der Waals surface area contributed by atoms with Gasteiger partial charge in [-0.3, -0.25) is 0 Å². The molecule has 0 spiro atoms. The minimum absolute atomic E-state index is 0.477. The summed E-state index contributed by atoms with van der Waals surface area (Å²) in [5, 5.41) is 0. The standard InChI is InChI=1S/C11H15NO2/c1-11(2,3)14-10(13)12-9-7-5-4-6-8-9/h4-7H,8H2,1-3H3/b12-9+/i4+1,5+1,6+1,7+1,8+1,9+1. The summed E-state index contributed by atoms with van der Waals surface area (Å²) < 4.78 is 5.06. The molecular formula is C11H15NO2. The molecule has 3 nitrogen and oxygen atoms in total. The van der Waals surface area contributed by atoms with E-state index in [1.807, 2.05) is 45.1 Å². The van der Waals surface area contributed by atoms with Crippen LogP contribution >= 0.6 is 0 Å². The molecule has 76 valence electrons. The van der Waals surface area contributed by atoms with E-state index in [1.165, 1.54) is 0 Å². The van der Waals surface area contributed by atoms with Gasteiger partial charge in [0.1, 0.15) is 5.60 Å². The largest absolute Gasteiger partial charge is 0.442 e. The molecule has 0 aromatic rings. The molecule has 3 heteroatoms. The smallest absolute Gasteiger partial charge is 0.434 e. The molecule has 0 aliphatic heterocycles. The van der Waals surface area contributed by atoms with Crippen molar-refractivity contribution >= 4 is 11.8 Å². The van der Waals surface area contributed by atoms with Crippen LogP contribution in [0.3, 0.4) is 0 Å². The lowest BCUT2D eigenvalue weighted by Crippen LogP contribution is -2.22. The number of ether oxygens (including phenoxy) is 1. The first kappa shape index (κ1) is 10.7. The normalized spacial score (nSPS) is 18.6. The van der Waals surface area contributed by atoms with Gasteiger partial charge < -0.3 is 4.74 Å². The van der Waals surface area contributed by atoms with Crippen LogP contribution in [0, 0.1) is 0 Å². The minimum atomic E-state index is -0.521. The Morgan fingerprint density at radius 3 is 2.64 bits per heavy atom. The zero-order chi connectivity index (χ0) is 10.6. The summed E-state index contributed by atoms with van der Waals surface area (Å²) >= 11 is 0. The molecule has 0 atom stereocenters. The Kier molecular flexibility index (Phi) is 3.23. The molecule has 1 amide bonds. The van der Waals surface area contributed by atoms with Crippen molar-refractivity contribution in [1.29, 1.82) is 0 Å². The van der Waals surface area contributed by atoms with Crippen LogP contribution in [-0.2, 0) is 4.74 Å². The highest BCUT2D eigenvalue weighted by Crippen LogP contribution is 2.09. The molecule has 0 aromatic heterocycles. The molecule has 0 radical (unpaired) electrons. The zero-order valence-corrected chi connectivity index (χ0v) is 8.78. The van der Waals surface area contributed by atoms with Gasteiger partial charge in [-0.15, -0.1) is 0 Å². The second-order valence-corrected chi connectivity index (χ2v) is 4.07. The van der Waals surface area contributed by atoms with Gasteiger partial charge in [0.05, 0.1) is 5.71 Å². The van der Waals surface area contributed by atoms with Gasteiger partial charge >= 0.3 is 6.09 Å². The number of carbonyl (C=O) groups is 1. The average Bonchev–Trinajstić information content (AvgIpc) is 2.02. The maximum Gasteiger partial charge on any atom is 0.434 e. The Morgan fingerprint density at radius 1 is 1.43 bits per heavy atom. The van der Waals surface area contributed by atoms with Crippen LogP contribution in [0.15, 0.2) is 29.3 Å². The van der Waals surface area contributed by atoms with Crippen LogP contribution in [0.5, 0.6) is 0 Å². The van der Waals surface area contributed by atoms with Crippen molar-refractivity contribution in [3.63, 3.8) is 0 Å². The third-order valence-corrected chi connectivity index (χ3v) is 1.49. The molecule has 0 heterocycles. The zero-order valence-electron chi connectivity index (χ0n) is 8.78. The summed E-state index contributed by atoms with van der Waals surface area (Å²) in [6.45, 7) is 5.46. The first-order valence-electron chi connectivity index (χ1n) is 4.61. The van der Waals surface area contributed by atoms with E-state index in [9.17, 15) is 4.79 Å². The fraction of sp³-hybridized carbons (Fsp3) is 0.455.